The largest absolute Gasteiger partial charge is 0.492 e. The summed E-state index contributed by atoms with van der Waals surface area (Å²) in [5, 5.41) is 0. The number of aromatic nitrogens is 2. The van der Waals surface area contributed by atoms with Crippen molar-refractivity contribution in [1.29, 1.82) is 0 Å². The fraction of sp³-hybridized carbons (Fsp3) is 0.130. The Bertz CT molecular complexity index is 1360. The predicted molar refractivity (Wildman–Crippen MR) is 113 cm³/mol. The zero-order valence-electron chi connectivity index (χ0n) is 16.7. The van der Waals surface area contributed by atoms with Crippen LogP contribution in [0, 0.1) is 5.82 Å². The number of carbonyl (C=O) groups is 1. The molecule has 31 heavy (non-hydrogen) atoms. The molecule has 0 amide bonds. The number of carbonyl (C=O) groups excluding carboxylic acids is 1. The smallest absolute Gasteiger partial charge is 0.210 e. The zero-order valence-corrected chi connectivity index (χ0v) is 17.5. The van der Waals surface area contributed by atoms with E-state index in [1.807, 2.05) is 0 Å². The molecular weight excluding hydrogens is 419 g/mol. The maximum Gasteiger partial charge on any atom is 0.210 e. The van der Waals surface area contributed by atoms with Crippen LogP contribution in [-0.4, -0.2) is 30.7 Å². The van der Waals surface area contributed by atoms with Crippen molar-refractivity contribution in [1.82, 2.24) is 9.38 Å². The van der Waals surface area contributed by atoms with E-state index in [4.69, 9.17) is 4.74 Å². The van der Waals surface area contributed by atoms with Crippen LogP contribution in [0.25, 0.3) is 5.65 Å². The molecule has 0 aliphatic rings. The Morgan fingerprint density at radius 3 is 2.61 bits per heavy atom. The highest BCUT2D eigenvalue weighted by Crippen LogP contribution is 2.31. The van der Waals surface area contributed by atoms with E-state index in [1.165, 1.54) is 31.4 Å². The third-order valence-electron chi connectivity index (χ3n) is 5.01. The first-order chi connectivity index (χ1) is 14.9. The summed E-state index contributed by atoms with van der Waals surface area (Å²) in [5.74, 6) is -1.07. The fourth-order valence-electron chi connectivity index (χ4n) is 3.35. The van der Waals surface area contributed by atoms with E-state index < -0.39 is 15.7 Å². The molecule has 0 radical (unpaired) electrons. The molecule has 4 rings (SSSR count). The van der Waals surface area contributed by atoms with Crippen LogP contribution in [0.15, 0.2) is 83.0 Å². The minimum Gasteiger partial charge on any atom is -0.492 e. The molecule has 0 bridgehead atoms. The molecule has 2 aromatic heterocycles. The highest BCUT2D eigenvalue weighted by Gasteiger charge is 2.24. The maximum atomic E-state index is 13.9. The standard InChI is InChI=1S/C23H19FN2O4S/c1-30-23-19(24)3-2-4-21(23)31(28,29)18-9-5-16(6-10-18)7-11-20(27)17-8-12-22-25-13-14-26(22)15-17/h2-6,8-10,12-15H,7,11H2,1H3. The SMILES string of the molecule is COc1c(F)cccc1S(=O)(=O)c1ccc(CCC(=O)c2ccc3nccn3c2)cc1. The number of halogens is 1. The number of fused-ring (bicyclic) bond motifs is 1. The Hall–Kier alpha value is -3.52. The third kappa shape index (κ3) is 4.06. The average molecular weight is 438 g/mol. The van der Waals surface area contributed by atoms with E-state index in [9.17, 15) is 17.6 Å². The van der Waals surface area contributed by atoms with Crippen molar-refractivity contribution in [3.8, 4) is 5.75 Å². The topological polar surface area (TPSA) is 77.7 Å². The highest BCUT2D eigenvalue weighted by atomic mass is 32.2. The number of ketones is 1. The van der Waals surface area contributed by atoms with E-state index in [1.54, 1.807) is 47.3 Å². The molecule has 6 nitrogen and oxygen atoms in total. The molecule has 0 fully saturated rings. The summed E-state index contributed by atoms with van der Waals surface area (Å²) in [7, 11) is -2.73. The molecule has 0 aliphatic carbocycles. The maximum absolute atomic E-state index is 13.9. The molecule has 0 atom stereocenters. The number of rotatable bonds is 7. The van der Waals surface area contributed by atoms with Crippen molar-refractivity contribution in [2.75, 3.05) is 7.11 Å². The van der Waals surface area contributed by atoms with Gasteiger partial charge in [0.25, 0.3) is 0 Å². The Labute approximate surface area is 178 Å². The van der Waals surface area contributed by atoms with Crippen LogP contribution >= 0.6 is 0 Å². The van der Waals surface area contributed by atoms with Gasteiger partial charge in [0.1, 0.15) is 10.5 Å². The number of Topliss-reactive ketones (excluding diaryl/α,β-unsaturated/α-hetero) is 1. The summed E-state index contributed by atoms with van der Waals surface area (Å²) in [6, 6.07) is 13.5. The molecule has 0 saturated heterocycles. The highest BCUT2D eigenvalue weighted by molar-refractivity contribution is 7.91. The molecule has 0 saturated carbocycles. The van der Waals surface area contributed by atoms with Crippen LogP contribution in [0.4, 0.5) is 4.39 Å². The Kier molecular flexibility index (Phi) is 5.56. The minimum absolute atomic E-state index is 0.0169. The van der Waals surface area contributed by atoms with Gasteiger partial charge in [0.05, 0.1) is 12.0 Å². The van der Waals surface area contributed by atoms with Crippen LogP contribution in [0.1, 0.15) is 22.3 Å². The first-order valence-electron chi connectivity index (χ1n) is 9.52. The number of benzene rings is 2. The summed E-state index contributed by atoms with van der Waals surface area (Å²) in [5.41, 5.74) is 2.17. The van der Waals surface area contributed by atoms with Gasteiger partial charge in [-0.3, -0.25) is 4.79 Å². The molecule has 0 N–H and O–H groups in total. The molecule has 158 valence electrons. The number of aryl methyl sites for hydroxylation is 1. The number of ether oxygens (including phenoxy) is 1. The molecule has 0 spiro atoms. The quantitative estimate of drug-likeness (QED) is 0.406. The monoisotopic (exact) mass is 438 g/mol. The Morgan fingerprint density at radius 1 is 1.10 bits per heavy atom. The van der Waals surface area contributed by atoms with Crippen molar-refractivity contribution in [3.63, 3.8) is 0 Å². The minimum atomic E-state index is -3.95. The van der Waals surface area contributed by atoms with Gasteiger partial charge in [-0.15, -0.1) is 0 Å². The second kappa shape index (κ2) is 8.31. The number of hydrogen-bond donors (Lipinski definition) is 0. The van der Waals surface area contributed by atoms with Crippen LogP contribution in [0.2, 0.25) is 0 Å². The zero-order chi connectivity index (χ0) is 22.0. The van der Waals surface area contributed by atoms with Gasteiger partial charge in [0, 0.05) is 30.6 Å². The molecular formula is C23H19FN2O4S. The Balaban J connectivity index is 1.49. The van der Waals surface area contributed by atoms with Gasteiger partial charge >= 0.3 is 0 Å². The number of sulfone groups is 1. The number of methoxy groups -OCH3 is 1. The van der Waals surface area contributed by atoms with Gasteiger partial charge in [0.15, 0.2) is 17.3 Å². The van der Waals surface area contributed by atoms with E-state index >= 15 is 0 Å². The van der Waals surface area contributed by atoms with Gasteiger partial charge in [-0.05, 0) is 48.4 Å². The molecule has 2 aromatic carbocycles. The first kappa shape index (κ1) is 20.7. The van der Waals surface area contributed by atoms with Gasteiger partial charge in [-0.1, -0.05) is 18.2 Å². The molecule has 8 heteroatoms. The summed E-state index contributed by atoms with van der Waals surface area (Å²) in [6.45, 7) is 0. The van der Waals surface area contributed by atoms with Crippen molar-refractivity contribution >= 4 is 21.3 Å². The van der Waals surface area contributed by atoms with E-state index in [-0.39, 0.29) is 27.7 Å². The third-order valence-corrected chi connectivity index (χ3v) is 6.80. The van der Waals surface area contributed by atoms with Crippen molar-refractivity contribution < 1.29 is 22.3 Å². The molecule has 0 unspecified atom stereocenters. The van der Waals surface area contributed by atoms with Gasteiger partial charge < -0.3 is 9.14 Å². The van der Waals surface area contributed by atoms with Crippen LogP contribution < -0.4 is 4.74 Å². The van der Waals surface area contributed by atoms with E-state index in [0.717, 1.165) is 17.3 Å². The first-order valence-corrected chi connectivity index (χ1v) is 11.0. The normalized spacial score (nSPS) is 11.5. The number of para-hydroxylation sites is 1. The lowest BCUT2D eigenvalue weighted by Gasteiger charge is -2.11. The van der Waals surface area contributed by atoms with E-state index in [2.05, 4.69) is 4.98 Å². The van der Waals surface area contributed by atoms with Crippen molar-refractivity contribution in [2.45, 2.75) is 22.6 Å². The van der Waals surface area contributed by atoms with Crippen molar-refractivity contribution in [3.05, 3.63) is 90.1 Å². The van der Waals surface area contributed by atoms with Gasteiger partial charge in [0.2, 0.25) is 9.84 Å². The molecule has 2 heterocycles. The van der Waals surface area contributed by atoms with Crippen LogP contribution in [0.5, 0.6) is 5.75 Å². The fourth-order valence-corrected chi connectivity index (χ4v) is 4.78. The number of nitrogens with zero attached hydrogens (tertiary/aromatic N) is 2. The number of hydrogen-bond acceptors (Lipinski definition) is 5. The lowest BCUT2D eigenvalue weighted by Crippen LogP contribution is -2.06. The molecule has 4 aromatic rings. The summed E-state index contributed by atoms with van der Waals surface area (Å²) in [6.07, 6.45) is 5.93. The summed E-state index contributed by atoms with van der Waals surface area (Å²) in [4.78, 5) is 16.5. The summed E-state index contributed by atoms with van der Waals surface area (Å²) >= 11 is 0. The Morgan fingerprint density at radius 2 is 1.87 bits per heavy atom. The number of pyridine rings is 1. The second-order valence-electron chi connectivity index (χ2n) is 6.95. The van der Waals surface area contributed by atoms with Crippen molar-refractivity contribution in [2.24, 2.45) is 0 Å². The lowest BCUT2D eigenvalue weighted by molar-refractivity contribution is 0.0982. The summed E-state index contributed by atoms with van der Waals surface area (Å²) < 4.78 is 46.5. The predicted octanol–water partition coefficient (Wildman–Crippen LogP) is 4.13. The lowest BCUT2D eigenvalue weighted by atomic mass is 10.0. The van der Waals surface area contributed by atoms with Crippen LogP contribution in [0.3, 0.4) is 0 Å². The van der Waals surface area contributed by atoms with E-state index in [0.29, 0.717) is 12.0 Å². The van der Waals surface area contributed by atoms with Gasteiger partial charge in [-0.25, -0.2) is 17.8 Å². The number of imidazole rings is 1. The van der Waals surface area contributed by atoms with Crippen LogP contribution in [-0.2, 0) is 16.3 Å². The molecule has 0 aliphatic heterocycles. The second-order valence-corrected chi connectivity index (χ2v) is 8.87. The van der Waals surface area contributed by atoms with Gasteiger partial charge in [-0.2, -0.15) is 0 Å². The average Bonchev–Trinajstić information content (AvgIpc) is 3.25.